The number of ether oxygens (including phenoxy) is 1. The Balaban J connectivity index is 1.14. The van der Waals surface area contributed by atoms with Gasteiger partial charge in [0.05, 0.1) is 18.2 Å². The zero-order valence-corrected chi connectivity index (χ0v) is 17.1. The lowest BCUT2D eigenvalue weighted by Gasteiger charge is -2.22. The van der Waals surface area contributed by atoms with Crippen LogP contribution in [-0.4, -0.2) is 37.8 Å². The van der Waals surface area contributed by atoms with Crippen molar-refractivity contribution in [2.45, 2.75) is 57.0 Å². The third-order valence-electron chi connectivity index (χ3n) is 6.49. The Hall–Kier alpha value is -2.53. The first-order valence-corrected chi connectivity index (χ1v) is 10.8. The van der Waals surface area contributed by atoms with E-state index in [0.29, 0.717) is 18.2 Å². The van der Waals surface area contributed by atoms with E-state index in [1.54, 1.807) is 0 Å². The standard InChI is InChI=1S/C24H30N4O/c1-25-24(27-21-14-20-10-11-23(21)29-20)26-15-17-6-8-18(9-7-17)16-28-13-12-19-4-2-3-5-22(19)28/h2-9,20-21,23H,10-16H2,1H3,(H2,25,26,27). The molecule has 3 aliphatic heterocycles. The molecule has 0 aliphatic carbocycles. The maximum Gasteiger partial charge on any atom is 0.191 e. The van der Waals surface area contributed by atoms with E-state index in [9.17, 15) is 0 Å². The molecule has 5 rings (SSSR count). The number of hydrogen-bond acceptors (Lipinski definition) is 3. The highest BCUT2D eigenvalue weighted by Crippen LogP contribution is 2.34. The van der Waals surface area contributed by atoms with Gasteiger partial charge in [0.2, 0.25) is 0 Å². The molecule has 3 unspecified atom stereocenters. The van der Waals surface area contributed by atoms with E-state index in [-0.39, 0.29) is 0 Å². The third-order valence-corrected chi connectivity index (χ3v) is 6.49. The van der Waals surface area contributed by atoms with Crippen LogP contribution in [0, 0.1) is 0 Å². The fraction of sp³-hybridized carbons (Fsp3) is 0.458. The van der Waals surface area contributed by atoms with E-state index in [0.717, 1.165) is 38.4 Å². The van der Waals surface area contributed by atoms with Crippen molar-refractivity contribution in [2.75, 3.05) is 18.5 Å². The van der Waals surface area contributed by atoms with Crippen molar-refractivity contribution in [3.63, 3.8) is 0 Å². The Bertz CT molecular complexity index is 879. The lowest BCUT2D eigenvalue weighted by molar-refractivity contribution is 0.0992. The molecule has 3 aliphatic rings. The Morgan fingerprint density at radius 3 is 2.69 bits per heavy atom. The van der Waals surface area contributed by atoms with Crippen LogP contribution in [0.2, 0.25) is 0 Å². The van der Waals surface area contributed by atoms with Crippen molar-refractivity contribution < 1.29 is 4.74 Å². The summed E-state index contributed by atoms with van der Waals surface area (Å²) in [5.74, 6) is 0.865. The highest BCUT2D eigenvalue weighted by atomic mass is 16.5. The molecule has 2 saturated heterocycles. The van der Waals surface area contributed by atoms with Gasteiger partial charge >= 0.3 is 0 Å². The number of nitrogens with one attached hydrogen (secondary N) is 2. The van der Waals surface area contributed by atoms with E-state index in [1.165, 1.54) is 35.2 Å². The van der Waals surface area contributed by atoms with Gasteiger partial charge in [-0.05, 0) is 48.4 Å². The van der Waals surface area contributed by atoms with Crippen LogP contribution in [0.4, 0.5) is 5.69 Å². The van der Waals surface area contributed by atoms with Crippen LogP contribution >= 0.6 is 0 Å². The van der Waals surface area contributed by atoms with Crippen molar-refractivity contribution >= 4 is 11.6 Å². The topological polar surface area (TPSA) is 48.9 Å². The van der Waals surface area contributed by atoms with E-state index in [1.807, 2.05) is 7.05 Å². The van der Waals surface area contributed by atoms with Crippen molar-refractivity contribution in [1.29, 1.82) is 0 Å². The number of rotatable bonds is 5. The smallest absolute Gasteiger partial charge is 0.191 e. The summed E-state index contributed by atoms with van der Waals surface area (Å²) in [5.41, 5.74) is 5.47. The highest BCUT2D eigenvalue weighted by molar-refractivity contribution is 5.80. The first-order valence-electron chi connectivity index (χ1n) is 10.8. The fourth-order valence-corrected chi connectivity index (χ4v) is 4.90. The predicted molar refractivity (Wildman–Crippen MR) is 117 cm³/mol. The number of guanidine groups is 1. The van der Waals surface area contributed by atoms with Crippen LogP contribution in [0.1, 0.15) is 36.0 Å². The summed E-state index contributed by atoms with van der Waals surface area (Å²) < 4.78 is 5.93. The molecule has 0 saturated carbocycles. The zero-order valence-electron chi connectivity index (χ0n) is 17.1. The SMILES string of the molecule is CN=C(NCc1ccc(CN2CCc3ccccc32)cc1)NC1CC2CCC1O2. The summed E-state index contributed by atoms with van der Waals surface area (Å²) in [5, 5.41) is 6.99. The molecule has 5 nitrogen and oxygen atoms in total. The van der Waals surface area contributed by atoms with Gasteiger partial charge in [0.25, 0.3) is 0 Å². The number of hydrogen-bond donors (Lipinski definition) is 2. The quantitative estimate of drug-likeness (QED) is 0.608. The van der Waals surface area contributed by atoms with Gasteiger partial charge in [-0.3, -0.25) is 4.99 Å². The summed E-state index contributed by atoms with van der Waals surface area (Å²) in [6.07, 6.45) is 5.43. The Morgan fingerprint density at radius 2 is 1.93 bits per heavy atom. The van der Waals surface area contributed by atoms with Crippen LogP contribution in [0.25, 0.3) is 0 Å². The molecule has 29 heavy (non-hydrogen) atoms. The van der Waals surface area contributed by atoms with Crippen molar-refractivity contribution in [3.8, 4) is 0 Å². The van der Waals surface area contributed by atoms with Crippen molar-refractivity contribution in [2.24, 2.45) is 4.99 Å². The number of benzene rings is 2. The molecule has 0 amide bonds. The van der Waals surface area contributed by atoms with Crippen LogP contribution < -0.4 is 15.5 Å². The number of anilines is 1. The first-order chi connectivity index (χ1) is 14.3. The molecular weight excluding hydrogens is 360 g/mol. The molecule has 2 aromatic carbocycles. The normalized spacial score (nSPS) is 25.3. The van der Waals surface area contributed by atoms with Gasteiger partial charge in [-0.1, -0.05) is 42.5 Å². The average molecular weight is 391 g/mol. The Kier molecular flexibility index (Phi) is 5.15. The van der Waals surface area contributed by atoms with Crippen LogP contribution in [0.15, 0.2) is 53.5 Å². The summed E-state index contributed by atoms with van der Waals surface area (Å²) in [6, 6.07) is 18.1. The number of para-hydroxylation sites is 1. The first kappa shape index (κ1) is 18.5. The number of aliphatic imine (C=N–C) groups is 1. The molecule has 3 atom stereocenters. The molecule has 2 aromatic rings. The Morgan fingerprint density at radius 1 is 1.10 bits per heavy atom. The van der Waals surface area contributed by atoms with Crippen molar-refractivity contribution in [3.05, 3.63) is 65.2 Å². The largest absolute Gasteiger partial charge is 0.373 e. The van der Waals surface area contributed by atoms with Gasteiger partial charge in [0.15, 0.2) is 5.96 Å². The van der Waals surface area contributed by atoms with Gasteiger partial charge in [0, 0.05) is 32.4 Å². The van der Waals surface area contributed by atoms with E-state index >= 15 is 0 Å². The minimum absolute atomic E-state index is 0.355. The number of nitrogens with zero attached hydrogens (tertiary/aromatic N) is 2. The highest BCUT2D eigenvalue weighted by Gasteiger charge is 2.41. The summed E-state index contributed by atoms with van der Waals surface area (Å²) >= 11 is 0. The number of fused-ring (bicyclic) bond motifs is 3. The average Bonchev–Trinajstić information content (AvgIpc) is 3.48. The molecule has 2 fully saturated rings. The van der Waals surface area contributed by atoms with Gasteiger partial charge < -0.3 is 20.3 Å². The second kappa shape index (κ2) is 8.07. The van der Waals surface area contributed by atoms with Crippen molar-refractivity contribution in [1.82, 2.24) is 10.6 Å². The molecule has 2 bridgehead atoms. The summed E-state index contributed by atoms with van der Waals surface area (Å²) in [6.45, 7) is 2.85. The maximum absolute atomic E-state index is 5.93. The van der Waals surface area contributed by atoms with Gasteiger partial charge in [0.1, 0.15) is 0 Å². The second-order valence-corrected chi connectivity index (χ2v) is 8.40. The van der Waals surface area contributed by atoms with E-state index < -0.39 is 0 Å². The molecular formula is C24H30N4O. The molecule has 0 spiro atoms. The fourth-order valence-electron chi connectivity index (χ4n) is 4.90. The Labute approximate surface area is 173 Å². The monoisotopic (exact) mass is 390 g/mol. The predicted octanol–water partition coefficient (Wildman–Crippen LogP) is 3.23. The summed E-state index contributed by atoms with van der Waals surface area (Å²) in [7, 11) is 1.83. The lowest BCUT2D eigenvalue weighted by atomic mass is 9.96. The van der Waals surface area contributed by atoms with Crippen LogP contribution in [0.5, 0.6) is 0 Å². The van der Waals surface area contributed by atoms with Crippen LogP contribution in [0.3, 0.4) is 0 Å². The minimum Gasteiger partial charge on any atom is -0.373 e. The minimum atomic E-state index is 0.355. The third kappa shape index (κ3) is 3.97. The van der Waals surface area contributed by atoms with E-state index in [2.05, 4.69) is 69.1 Å². The van der Waals surface area contributed by atoms with E-state index in [4.69, 9.17) is 4.74 Å². The molecule has 0 aromatic heterocycles. The molecule has 3 heterocycles. The molecule has 2 N–H and O–H groups in total. The lowest BCUT2D eigenvalue weighted by Crippen LogP contribution is -2.47. The van der Waals surface area contributed by atoms with Gasteiger partial charge in [-0.2, -0.15) is 0 Å². The zero-order chi connectivity index (χ0) is 19.6. The molecule has 0 radical (unpaired) electrons. The van der Waals surface area contributed by atoms with Gasteiger partial charge in [-0.15, -0.1) is 0 Å². The van der Waals surface area contributed by atoms with Gasteiger partial charge in [-0.25, -0.2) is 0 Å². The van der Waals surface area contributed by atoms with Crippen LogP contribution in [-0.2, 0) is 24.2 Å². The molecule has 5 heteroatoms. The maximum atomic E-state index is 5.93. The molecule has 152 valence electrons. The summed E-state index contributed by atoms with van der Waals surface area (Å²) in [4.78, 5) is 6.87. The second-order valence-electron chi connectivity index (χ2n) is 8.40.